The maximum Gasteiger partial charge on any atom is 0.271 e. The first-order chi connectivity index (χ1) is 16.0. The summed E-state index contributed by atoms with van der Waals surface area (Å²) in [6, 6.07) is 9.86. The van der Waals surface area contributed by atoms with Crippen LogP contribution in [0.2, 0.25) is 0 Å². The van der Waals surface area contributed by atoms with Gasteiger partial charge in [0.2, 0.25) is 21.1 Å². The van der Waals surface area contributed by atoms with Gasteiger partial charge in [-0.1, -0.05) is 24.3 Å². The van der Waals surface area contributed by atoms with Crippen LogP contribution in [0, 0.1) is 17.0 Å². The fourth-order valence-corrected chi connectivity index (χ4v) is 5.31. The first-order valence-electron chi connectivity index (χ1n) is 10.1. The summed E-state index contributed by atoms with van der Waals surface area (Å²) in [5, 5.41) is 22.7. The molecule has 1 amide bonds. The lowest BCUT2D eigenvalue weighted by molar-refractivity contribution is -0.384. The number of carbonyl (C=O) groups is 1. The van der Waals surface area contributed by atoms with Crippen LogP contribution in [0.1, 0.15) is 18.9 Å². The van der Waals surface area contributed by atoms with E-state index in [9.17, 15) is 23.3 Å². The lowest BCUT2D eigenvalue weighted by atomic mass is 10.1. The molecule has 0 aliphatic heterocycles. The second-order valence-corrected chi connectivity index (χ2v) is 10.2. The SMILES string of the molecule is CCC(C(=O)Nc1nnc(-c2ccc(OC)cc2)s1)N(c1cc([N+](=O)[O-])ccc1C)S(C)(=O)=O. The van der Waals surface area contributed by atoms with Crippen molar-refractivity contribution < 1.29 is 22.9 Å². The van der Waals surface area contributed by atoms with Crippen molar-refractivity contribution in [3.05, 3.63) is 58.1 Å². The third-order valence-corrected chi connectivity index (χ3v) is 7.02. The van der Waals surface area contributed by atoms with Crippen LogP contribution in [-0.2, 0) is 14.8 Å². The number of benzene rings is 2. The molecule has 3 rings (SSSR count). The number of hydrogen-bond donors (Lipinski definition) is 1. The Kier molecular flexibility index (Phi) is 7.47. The van der Waals surface area contributed by atoms with Gasteiger partial charge in [0.25, 0.3) is 5.69 Å². The van der Waals surface area contributed by atoms with Gasteiger partial charge < -0.3 is 4.74 Å². The molecule has 1 heterocycles. The number of hydrogen-bond acceptors (Lipinski definition) is 9. The summed E-state index contributed by atoms with van der Waals surface area (Å²) in [5.41, 5.74) is 1.03. The number of anilines is 2. The summed E-state index contributed by atoms with van der Waals surface area (Å²) >= 11 is 1.13. The molecule has 0 spiro atoms. The fourth-order valence-electron chi connectivity index (χ4n) is 3.30. The van der Waals surface area contributed by atoms with Crippen LogP contribution < -0.4 is 14.4 Å². The number of aromatic nitrogens is 2. The molecule has 1 atom stereocenters. The van der Waals surface area contributed by atoms with E-state index in [-0.39, 0.29) is 22.9 Å². The van der Waals surface area contributed by atoms with Crippen molar-refractivity contribution in [1.82, 2.24) is 10.2 Å². The monoisotopic (exact) mass is 505 g/mol. The number of sulfonamides is 1. The van der Waals surface area contributed by atoms with Gasteiger partial charge in [0.05, 0.1) is 24.0 Å². The van der Waals surface area contributed by atoms with Crippen LogP contribution in [0.25, 0.3) is 10.6 Å². The van der Waals surface area contributed by atoms with Crippen LogP contribution in [0.5, 0.6) is 5.75 Å². The second-order valence-electron chi connectivity index (χ2n) is 7.34. The predicted octanol–water partition coefficient (Wildman–Crippen LogP) is 3.61. The fraction of sp³-hybridized carbons (Fsp3) is 0.286. The smallest absolute Gasteiger partial charge is 0.271 e. The molecule has 1 unspecified atom stereocenters. The van der Waals surface area contributed by atoms with Gasteiger partial charge in [0.1, 0.15) is 16.8 Å². The van der Waals surface area contributed by atoms with Crippen molar-refractivity contribution in [2.75, 3.05) is 23.0 Å². The topological polar surface area (TPSA) is 145 Å². The molecule has 0 aliphatic rings. The Bertz CT molecular complexity index is 1310. The molecular weight excluding hydrogens is 482 g/mol. The maximum atomic E-state index is 13.1. The van der Waals surface area contributed by atoms with E-state index in [0.29, 0.717) is 16.3 Å². The predicted molar refractivity (Wildman–Crippen MR) is 130 cm³/mol. The number of amides is 1. The van der Waals surface area contributed by atoms with Crippen LogP contribution in [0.15, 0.2) is 42.5 Å². The first-order valence-corrected chi connectivity index (χ1v) is 12.7. The highest BCUT2D eigenvalue weighted by molar-refractivity contribution is 7.92. The Hall–Kier alpha value is -3.58. The molecule has 180 valence electrons. The summed E-state index contributed by atoms with van der Waals surface area (Å²) < 4.78 is 31.5. The summed E-state index contributed by atoms with van der Waals surface area (Å²) in [6.45, 7) is 3.27. The standard InChI is InChI=1S/C21H23N5O6S2/c1-5-17(25(34(4,30)31)18-12-15(26(28)29)9-6-13(18)2)19(27)22-21-24-23-20(33-21)14-7-10-16(32-3)11-8-14/h6-12,17H,5H2,1-4H3,(H,22,24,27). The van der Waals surface area contributed by atoms with Crippen molar-refractivity contribution in [2.24, 2.45) is 0 Å². The molecule has 2 aromatic carbocycles. The van der Waals surface area contributed by atoms with Gasteiger partial charge in [-0.05, 0) is 43.2 Å². The zero-order valence-electron chi connectivity index (χ0n) is 18.9. The van der Waals surface area contributed by atoms with Crippen molar-refractivity contribution >= 4 is 43.8 Å². The lowest BCUT2D eigenvalue weighted by Gasteiger charge is -2.30. The molecule has 0 saturated carbocycles. The van der Waals surface area contributed by atoms with E-state index in [1.54, 1.807) is 45.2 Å². The number of nitrogens with zero attached hydrogens (tertiary/aromatic N) is 4. The number of carbonyl (C=O) groups excluding carboxylic acids is 1. The Labute approximate surface area is 200 Å². The summed E-state index contributed by atoms with van der Waals surface area (Å²) in [6.07, 6.45) is 1.07. The van der Waals surface area contributed by atoms with Crippen molar-refractivity contribution in [3.63, 3.8) is 0 Å². The highest BCUT2D eigenvalue weighted by atomic mass is 32.2. The summed E-state index contributed by atoms with van der Waals surface area (Å²) in [7, 11) is -2.41. The average Bonchev–Trinajstić information content (AvgIpc) is 3.25. The zero-order valence-corrected chi connectivity index (χ0v) is 20.5. The molecular formula is C21H23N5O6S2. The van der Waals surface area contributed by atoms with Gasteiger partial charge >= 0.3 is 0 Å². The molecule has 0 radical (unpaired) electrons. The van der Waals surface area contributed by atoms with Gasteiger partial charge in [-0.15, -0.1) is 10.2 Å². The quantitative estimate of drug-likeness (QED) is 0.343. The molecule has 13 heteroatoms. The molecule has 0 bridgehead atoms. The van der Waals surface area contributed by atoms with Crippen LogP contribution in [0.4, 0.5) is 16.5 Å². The molecule has 1 aromatic heterocycles. The Morgan fingerprint density at radius 3 is 2.47 bits per heavy atom. The molecule has 34 heavy (non-hydrogen) atoms. The van der Waals surface area contributed by atoms with E-state index in [0.717, 1.165) is 33.5 Å². The molecule has 0 aliphatic carbocycles. The van der Waals surface area contributed by atoms with Crippen molar-refractivity contribution in [2.45, 2.75) is 26.3 Å². The Morgan fingerprint density at radius 1 is 1.24 bits per heavy atom. The normalized spacial score (nSPS) is 12.1. The van der Waals surface area contributed by atoms with Crippen LogP contribution in [0.3, 0.4) is 0 Å². The Morgan fingerprint density at radius 2 is 1.91 bits per heavy atom. The molecule has 3 aromatic rings. The molecule has 11 nitrogen and oxygen atoms in total. The van der Waals surface area contributed by atoms with Crippen LogP contribution in [-0.4, -0.2) is 48.9 Å². The first kappa shape index (κ1) is 25.1. The van der Waals surface area contributed by atoms with Crippen molar-refractivity contribution in [1.29, 1.82) is 0 Å². The van der Waals surface area contributed by atoms with Gasteiger partial charge in [-0.3, -0.25) is 24.5 Å². The lowest BCUT2D eigenvalue weighted by Crippen LogP contribution is -2.47. The van der Waals surface area contributed by atoms with Gasteiger partial charge in [0, 0.05) is 17.7 Å². The summed E-state index contributed by atoms with van der Waals surface area (Å²) in [4.78, 5) is 23.8. The summed E-state index contributed by atoms with van der Waals surface area (Å²) in [5.74, 6) is 0.0566. The van der Waals surface area contributed by atoms with Gasteiger partial charge in [0.15, 0.2) is 0 Å². The molecule has 0 fully saturated rings. The second kappa shape index (κ2) is 10.1. The largest absolute Gasteiger partial charge is 0.497 e. The minimum atomic E-state index is -3.97. The van der Waals surface area contributed by atoms with Gasteiger partial charge in [-0.25, -0.2) is 8.42 Å². The number of non-ortho nitro benzene ring substituents is 1. The minimum absolute atomic E-state index is 0.0647. The highest BCUT2D eigenvalue weighted by Gasteiger charge is 2.33. The number of nitro groups is 1. The molecule has 1 N–H and O–H groups in total. The average molecular weight is 506 g/mol. The number of ether oxygens (including phenoxy) is 1. The zero-order chi connectivity index (χ0) is 25.0. The Balaban J connectivity index is 1.90. The maximum absolute atomic E-state index is 13.1. The van der Waals surface area contributed by atoms with Gasteiger partial charge in [-0.2, -0.15) is 0 Å². The van der Waals surface area contributed by atoms with E-state index >= 15 is 0 Å². The minimum Gasteiger partial charge on any atom is -0.497 e. The number of methoxy groups -OCH3 is 1. The van der Waals surface area contributed by atoms with E-state index < -0.39 is 26.9 Å². The van der Waals surface area contributed by atoms with E-state index in [2.05, 4.69) is 15.5 Å². The number of nitrogens with one attached hydrogen (secondary N) is 1. The van der Waals surface area contributed by atoms with E-state index in [1.807, 2.05) is 0 Å². The van der Waals surface area contributed by atoms with Crippen molar-refractivity contribution in [3.8, 4) is 16.3 Å². The number of nitro benzene ring substituents is 1. The highest BCUT2D eigenvalue weighted by Crippen LogP contribution is 2.32. The van der Waals surface area contributed by atoms with E-state index in [1.165, 1.54) is 12.1 Å². The third-order valence-electron chi connectivity index (χ3n) is 4.96. The third kappa shape index (κ3) is 5.48. The number of rotatable bonds is 9. The van der Waals surface area contributed by atoms with E-state index in [4.69, 9.17) is 4.74 Å². The number of aryl methyl sites for hydroxylation is 1. The van der Waals surface area contributed by atoms with Crippen LogP contribution >= 0.6 is 11.3 Å². The molecule has 0 saturated heterocycles.